The first-order valence-electron chi connectivity index (χ1n) is 7.43. The van der Waals surface area contributed by atoms with Crippen LogP contribution in [0.25, 0.3) is 0 Å². The molecule has 1 N–H and O–H groups in total. The zero-order chi connectivity index (χ0) is 17.9. The Morgan fingerprint density at radius 2 is 1.67 bits per heavy atom. The summed E-state index contributed by atoms with van der Waals surface area (Å²) in [4.78, 5) is 35.3. The molecule has 1 aromatic heterocycles. The van der Waals surface area contributed by atoms with Gasteiger partial charge in [-0.25, -0.2) is 9.59 Å². The molecule has 1 aromatic carbocycles. The largest absolute Gasteiger partial charge is 0.452 e. The van der Waals surface area contributed by atoms with Crippen LogP contribution >= 0.6 is 0 Å². The number of hydrogen-bond donors (Lipinski definition) is 1. The summed E-state index contributed by atoms with van der Waals surface area (Å²) in [6, 6.07) is 6.85. The van der Waals surface area contributed by atoms with Crippen molar-refractivity contribution in [1.29, 1.82) is 0 Å². The van der Waals surface area contributed by atoms with Crippen LogP contribution in [-0.2, 0) is 9.53 Å². The lowest BCUT2D eigenvalue weighted by Gasteiger charge is -2.10. The van der Waals surface area contributed by atoms with E-state index in [0.29, 0.717) is 11.3 Å². The molecule has 1 heterocycles. The topological polar surface area (TPSA) is 85.6 Å². The van der Waals surface area contributed by atoms with Gasteiger partial charge in [-0.2, -0.15) is 0 Å². The number of amides is 1. The minimum atomic E-state index is -0.704. The van der Waals surface area contributed by atoms with E-state index in [1.807, 2.05) is 32.0 Å². The average Bonchev–Trinajstić information content (AvgIpc) is 2.42. The number of esters is 1. The first-order chi connectivity index (χ1) is 11.3. The summed E-state index contributed by atoms with van der Waals surface area (Å²) in [5.41, 5.74) is 2.76. The van der Waals surface area contributed by atoms with Crippen molar-refractivity contribution in [2.24, 2.45) is 0 Å². The van der Waals surface area contributed by atoms with Crippen LogP contribution < -0.4 is 10.9 Å². The van der Waals surface area contributed by atoms with Crippen molar-refractivity contribution in [3.05, 3.63) is 62.7 Å². The van der Waals surface area contributed by atoms with Crippen molar-refractivity contribution in [2.75, 3.05) is 11.9 Å². The van der Waals surface area contributed by atoms with Crippen LogP contribution in [0.15, 0.2) is 33.5 Å². The van der Waals surface area contributed by atoms with E-state index in [1.54, 1.807) is 6.92 Å². The second-order valence-corrected chi connectivity index (χ2v) is 5.68. The van der Waals surface area contributed by atoms with Gasteiger partial charge in [-0.3, -0.25) is 4.79 Å². The SMILES string of the molecule is Cc1cc(C)cc(NC(=O)COC(=O)c2c(C)cc(=O)oc2C)c1. The Balaban J connectivity index is 2.01. The van der Waals surface area contributed by atoms with Crippen LogP contribution in [0.1, 0.15) is 32.8 Å². The molecule has 2 rings (SSSR count). The van der Waals surface area contributed by atoms with Crippen LogP contribution in [0, 0.1) is 27.7 Å². The number of hydrogen-bond acceptors (Lipinski definition) is 5. The second-order valence-electron chi connectivity index (χ2n) is 5.68. The summed E-state index contributed by atoms with van der Waals surface area (Å²) < 4.78 is 9.89. The van der Waals surface area contributed by atoms with Crippen LogP contribution in [0.4, 0.5) is 5.69 Å². The number of ether oxygens (including phenoxy) is 1. The molecule has 0 aliphatic carbocycles. The number of nitrogens with one attached hydrogen (secondary N) is 1. The van der Waals surface area contributed by atoms with E-state index in [-0.39, 0.29) is 11.3 Å². The molecular formula is C18H19NO5. The Labute approximate surface area is 139 Å². The number of rotatable bonds is 4. The van der Waals surface area contributed by atoms with Crippen molar-refractivity contribution in [2.45, 2.75) is 27.7 Å². The summed E-state index contributed by atoms with van der Waals surface area (Å²) in [5.74, 6) is -0.981. The normalized spacial score (nSPS) is 10.3. The van der Waals surface area contributed by atoms with Crippen LogP contribution in [0.5, 0.6) is 0 Å². The molecule has 0 saturated heterocycles. The standard InChI is InChI=1S/C18H19NO5/c1-10-5-11(2)7-14(6-10)19-15(20)9-23-18(22)17-12(3)8-16(21)24-13(17)4/h5-8H,9H2,1-4H3,(H,19,20). The first-order valence-corrected chi connectivity index (χ1v) is 7.43. The maximum atomic E-state index is 12.1. The zero-order valence-corrected chi connectivity index (χ0v) is 14.1. The van der Waals surface area contributed by atoms with Gasteiger partial charge in [0.1, 0.15) is 11.3 Å². The van der Waals surface area contributed by atoms with Gasteiger partial charge >= 0.3 is 11.6 Å². The van der Waals surface area contributed by atoms with E-state index in [9.17, 15) is 14.4 Å². The quantitative estimate of drug-likeness (QED) is 0.872. The summed E-state index contributed by atoms with van der Waals surface area (Å²) in [5, 5.41) is 2.68. The molecular weight excluding hydrogens is 310 g/mol. The van der Waals surface area contributed by atoms with Crippen molar-refractivity contribution >= 4 is 17.6 Å². The fourth-order valence-corrected chi connectivity index (χ4v) is 2.51. The molecule has 0 unspecified atom stereocenters. The van der Waals surface area contributed by atoms with E-state index >= 15 is 0 Å². The lowest BCUT2D eigenvalue weighted by Crippen LogP contribution is -2.22. The van der Waals surface area contributed by atoms with Gasteiger partial charge < -0.3 is 14.5 Å². The summed E-state index contributed by atoms with van der Waals surface area (Å²) in [7, 11) is 0. The highest BCUT2D eigenvalue weighted by molar-refractivity contribution is 5.96. The van der Waals surface area contributed by atoms with E-state index < -0.39 is 24.1 Å². The fraction of sp³-hybridized carbons (Fsp3) is 0.278. The maximum Gasteiger partial charge on any atom is 0.342 e. The van der Waals surface area contributed by atoms with Gasteiger partial charge in [0.05, 0.1) is 0 Å². The molecule has 6 heteroatoms. The van der Waals surface area contributed by atoms with Gasteiger partial charge in [0.25, 0.3) is 5.91 Å². The van der Waals surface area contributed by atoms with Gasteiger partial charge in [-0.05, 0) is 56.5 Å². The Bertz CT molecular complexity index is 804. The summed E-state index contributed by atoms with van der Waals surface area (Å²) in [6.07, 6.45) is 0. The molecule has 0 aliphatic heterocycles. The molecule has 0 fully saturated rings. The molecule has 0 bridgehead atoms. The third-order valence-corrected chi connectivity index (χ3v) is 3.38. The highest BCUT2D eigenvalue weighted by atomic mass is 16.5. The molecule has 126 valence electrons. The van der Waals surface area contributed by atoms with Gasteiger partial charge in [-0.1, -0.05) is 6.07 Å². The van der Waals surface area contributed by atoms with Crippen LogP contribution in [-0.4, -0.2) is 18.5 Å². The minimum Gasteiger partial charge on any atom is -0.452 e. The molecule has 0 aliphatic rings. The maximum absolute atomic E-state index is 12.1. The fourth-order valence-electron chi connectivity index (χ4n) is 2.51. The molecule has 6 nitrogen and oxygen atoms in total. The van der Waals surface area contributed by atoms with Gasteiger partial charge in [-0.15, -0.1) is 0 Å². The van der Waals surface area contributed by atoms with Crippen molar-refractivity contribution in [1.82, 2.24) is 0 Å². The predicted molar refractivity (Wildman–Crippen MR) is 89.3 cm³/mol. The number of anilines is 1. The monoisotopic (exact) mass is 329 g/mol. The van der Waals surface area contributed by atoms with Gasteiger partial charge in [0, 0.05) is 11.8 Å². The number of benzene rings is 1. The van der Waals surface area contributed by atoms with Crippen LogP contribution in [0.2, 0.25) is 0 Å². The lowest BCUT2D eigenvalue weighted by molar-refractivity contribution is -0.119. The lowest BCUT2D eigenvalue weighted by atomic mass is 10.1. The van der Waals surface area contributed by atoms with Crippen molar-refractivity contribution < 1.29 is 18.7 Å². The molecule has 24 heavy (non-hydrogen) atoms. The average molecular weight is 329 g/mol. The molecule has 1 amide bonds. The first kappa shape index (κ1) is 17.5. The smallest absolute Gasteiger partial charge is 0.342 e. The Hall–Kier alpha value is -2.89. The summed E-state index contributed by atoms with van der Waals surface area (Å²) >= 11 is 0. The molecule has 0 atom stereocenters. The van der Waals surface area contributed by atoms with Gasteiger partial charge in [0.2, 0.25) is 0 Å². The Kier molecular flexibility index (Phi) is 5.18. The third-order valence-electron chi connectivity index (χ3n) is 3.38. The summed E-state index contributed by atoms with van der Waals surface area (Å²) in [6.45, 7) is 6.54. The predicted octanol–water partition coefficient (Wildman–Crippen LogP) is 2.67. The molecule has 2 aromatic rings. The van der Waals surface area contributed by atoms with Gasteiger partial charge in [0.15, 0.2) is 6.61 Å². The number of carbonyl (C=O) groups is 2. The number of carbonyl (C=O) groups excluding carboxylic acids is 2. The van der Waals surface area contributed by atoms with E-state index in [1.165, 1.54) is 13.0 Å². The number of aryl methyl sites for hydroxylation is 4. The highest BCUT2D eigenvalue weighted by Gasteiger charge is 2.18. The Morgan fingerprint density at radius 1 is 1.04 bits per heavy atom. The minimum absolute atomic E-state index is 0.161. The van der Waals surface area contributed by atoms with E-state index in [2.05, 4.69) is 5.32 Å². The molecule has 0 saturated carbocycles. The van der Waals surface area contributed by atoms with Crippen molar-refractivity contribution in [3.8, 4) is 0 Å². The zero-order valence-electron chi connectivity index (χ0n) is 14.1. The van der Waals surface area contributed by atoms with E-state index in [0.717, 1.165) is 11.1 Å². The van der Waals surface area contributed by atoms with Crippen LogP contribution in [0.3, 0.4) is 0 Å². The molecule has 0 radical (unpaired) electrons. The highest BCUT2D eigenvalue weighted by Crippen LogP contribution is 2.14. The van der Waals surface area contributed by atoms with Crippen molar-refractivity contribution in [3.63, 3.8) is 0 Å². The second kappa shape index (κ2) is 7.12. The molecule has 0 spiro atoms. The van der Waals surface area contributed by atoms with E-state index in [4.69, 9.17) is 9.15 Å². The Morgan fingerprint density at radius 3 is 2.25 bits per heavy atom. The third kappa shape index (κ3) is 4.32.